The van der Waals surface area contributed by atoms with Crippen molar-refractivity contribution < 1.29 is 9.53 Å². The maximum Gasteiger partial charge on any atom is 0.309 e. The highest BCUT2D eigenvalue weighted by atomic mass is 16.5. The van der Waals surface area contributed by atoms with Crippen molar-refractivity contribution in [1.82, 2.24) is 9.78 Å². The van der Waals surface area contributed by atoms with Crippen LogP contribution in [0.5, 0.6) is 0 Å². The number of ether oxygens (including phenoxy) is 1. The second-order valence-corrected chi connectivity index (χ2v) is 4.78. The second kappa shape index (κ2) is 4.12. The molecule has 4 nitrogen and oxygen atoms in total. The molecule has 3 rings (SSSR count). The van der Waals surface area contributed by atoms with Crippen LogP contribution in [0.2, 0.25) is 0 Å². The first-order chi connectivity index (χ1) is 8.70. The highest BCUT2D eigenvalue weighted by molar-refractivity contribution is 5.85. The lowest BCUT2D eigenvalue weighted by Crippen LogP contribution is -2.07. The van der Waals surface area contributed by atoms with Gasteiger partial charge in [0.15, 0.2) is 0 Å². The Labute approximate surface area is 106 Å². The van der Waals surface area contributed by atoms with E-state index in [1.54, 1.807) is 0 Å². The minimum absolute atomic E-state index is 0.0377. The van der Waals surface area contributed by atoms with Crippen LogP contribution >= 0.6 is 0 Å². The Bertz CT molecular complexity index is 603. The molecule has 2 atom stereocenters. The SMILES string of the molecule is CCOC(=O)C1CC1c1cccc2nn(C)cc12. The van der Waals surface area contributed by atoms with E-state index in [1.807, 2.05) is 37.0 Å². The molecule has 0 saturated heterocycles. The largest absolute Gasteiger partial charge is 0.466 e. The fourth-order valence-electron chi connectivity index (χ4n) is 2.56. The first-order valence-corrected chi connectivity index (χ1v) is 6.29. The summed E-state index contributed by atoms with van der Waals surface area (Å²) in [5, 5.41) is 5.54. The van der Waals surface area contributed by atoms with E-state index in [0.717, 1.165) is 17.3 Å². The number of aromatic nitrogens is 2. The minimum Gasteiger partial charge on any atom is -0.466 e. The molecule has 1 aliphatic carbocycles. The molecule has 1 saturated carbocycles. The van der Waals surface area contributed by atoms with E-state index in [0.29, 0.717) is 12.5 Å². The van der Waals surface area contributed by atoms with Gasteiger partial charge in [-0.3, -0.25) is 9.48 Å². The molecule has 0 spiro atoms. The number of benzene rings is 1. The second-order valence-electron chi connectivity index (χ2n) is 4.78. The maximum absolute atomic E-state index is 11.7. The third-order valence-electron chi connectivity index (χ3n) is 3.48. The highest BCUT2D eigenvalue weighted by Crippen LogP contribution is 2.49. The van der Waals surface area contributed by atoms with E-state index in [9.17, 15) is 4.79 Å². The summed E-state index contributed by atoms with van der Waals surface area (Å²) in [6.45, 7) is 2.30. The lowest BCUT2D eigenvalue weighted by molar-refractivity contribution is -0.144. The molecule has 1 heterocycles. The van der Waals surface area contributed by atoms with E-state index in [4.69, 9.17) is 4.74 Å². The van der Waals surface area contributed by atoms with Gasteiger partial charge in [0, 0.05) is 18.6 Å². The zero-order valence-electron chi connectivity index (χ0n) is 10.6. The molecule has 2 aromatic rings. The van der Waals surface area contributed by atoms with Gasteiger partial charge in [-0.15, -0.1) is 0 Å². The summed E-state index contributed by atoms with van der Waals surface area (Å²) >= 11 is 0. The molecule has 0 bridgehead atoms. The molecular formula is C14H16N2O2. The van der Waals surface area contributed by atoms with Gasteiger partial charge in [0.25, 0.3) is 0 Å². The number of esters is 1. The third-order valence-corrected chi connectivity index (χ3v) is 3.48. The van der Waals surface area contributed by atoms with Crippen LogP contribution in [-0.4, -0.2) is 22.4 Å². The van der Waals surface area contributed by atoms with Crippen LogP contribution < -0.4 is 0 Å². The molecule has 18 heavy (non-hydrogen) atoms. The van der Waals surface area contributed by atoms with Gasteiger partial charge >= 0.3 is 5.97 Å². The summed E-state index contributed by atoms with van der Waals surface area (Å²) in [5.41, 5.74) is 2.21. The van der Waals surface area contributed by atoms with Gasteiger partial charge in [0.2, 0.25) is 0 Å². The van der Waals surface area contributed by atoms with Crippen LogP contribution in [0.15, 0.2) is 24.4 Å². The van der Waals surface area contributed by atoms with Crippen molar-refractivity contribution in [3.05, 3.63) is 30.0 Å². The normalized spacial score (nSPS) is 22.1. The van der Waals surface area contributed by atoms with Gasteiger partial charge < -0.3 is 4.74 Å². The number of nitrogens with zero attached hydrogens (tertiary/aromatic N) is 2. The Balaban J connectivity index is 1.90. The van der Waals surface area contributed by atoms with E-state index >= 15 is 0 Å². The van der Waals surface area contributed by atoms with Gasteiger partial charge in [0.1, 0.15) is 0 Å². The molecule has 0 N–H and O–H groups in total. The summed E-state index contributed by atoms with van der Waals surface area (Å²) in [7, 11) is 1.92. The zero-order valence-corrected chi connectivity index (χ0v) is 10.6. The number of hydrogen-bond acceptors (Lipinski definition) is 3. The number of carbonyl (C=O) groups is 1. The lowest BCUT2D eigenvalue weighted by atomic mass is 10.0. The fourth-order valence-corrected chi connectivity index (χ4v) is 2.56. The third kappa shape index (κ3) is 1.78. The molecule has 0 aliphatic heterocycles. The minimum atomic E-state index is -0.0663. The van der Waals surface area contributed by atoms with Crippen molar-refractivity contribution in [2.75, 3.05) is 6.61 Å². The standard InChI is InChI=1S/C14H16N2O2/c1-3-18-14(17)11-7-10(11)9-5-4-6-13-12(9)8-16(2)15-13/h4-6,8,10-11H,3,7H2,1-2H3. The van der Waals surface area contributed by atoms with Crippen LogP contribution in [0.25, 0.3) is 10.9 Å². The van der Waals surface area contributed by atoms with E-state index in [1.165, 1.54) is 5.56 Å². The van der Waals surface area contributed by atoms with Gasteiger partial charge in [-0.25, -0.2) is 0 Å². The Hall–Kier alpha value is -1.84. The molecule has 94 valence electrons. The van der Waals surface area contributed by atoms with Gasteiger partial charge in [-0.2, -0.15) is 5.10 Å². The summed E-state index contributed by atoms with van der Waals surface area (Å²) in [6.07, 6.45) is 2.91. The molecule has 4 heteroatoms. The van der Waals surface area contributed by atoms with Crippen molar-refractivity contribution >= 4 is 16.9 Å². The fraction of sp³-hybridized carbons (Fsp3) is 0.429. The van der Waals surface area contributed by atoms with Gasteiger partial charge in [-0.1, -0.05) is 12.1 Å². The smallest absolute Gasteiger partial charge is 0.309 e. The molecule has 1 aromatic heterocycles. The summed E-state index contributed by atoms with van der Waals surface area (Å²) in [4.78, 5) is 11.7. The number of rotatable bonds is 3. The number of fused-ring (bicyclic) bond motifs is 1. The number of aryl methyl sites for hydroxylation is 1. The van der Waals surface area contributed by atoms with E-state index < -0.39 is 0 Å². The van der Waals surface area contributed by atoms with Crippen LogP contribution in [0.1, 0.15) is 24.8 Å². The highest BCUT2D eigenvalue weighted by Gasteiger charge is 2.45. The lowest BCUT2D eigenvalue weighted by Gasteiger charge is -2.02. The van der Waals surface area contributed by atoms with E-state index in [2.05, 4.69) is 11.2 Å². The topological polar surface area (TPSA) is 44.1 Å². The Morgan fingerprint density at radius 3 is 3.17 bits per heavy atom. The summed E-state index contributed by atoms with van der Waals surface area (Å²) in [6, 6.07) is 6.10. The molecular weight excluding hydrogens is 228 g/mol. The maximum atomic E-state index is 11.7. The first-order valence-electron chi connectivity index (χ1n) is 6.29. The van der Waals surface area contributed by atoms with Crippen LogP contribution in [-0.2, 0) is 16.6 Å². The van der Waals surface area contributed by atoms with Crippen molar-refractivity contribution in [2.24, 2.45) is 13.0 Å². The Morgan fingerprint density at radius 1 is 1.56 bits per heavy atom. The molecule has 0 amide bonds. The quantitative estimate of drug-likeness (QED) is 0.778. The molecule has 1 aromatic carbocycles. The predicted octanol–water partition coefficient (Wildman–Crippen LogP) is 2.24. The summed E-state index contributed by atoms with van der Waals surface area (Å²) in [5.74, 6) is 0.274. The van der Waals surface area contributed by atoms with Crippen LogP contribution in [0.4, 0.5) is 0 Å². The van der Waals surface area contributed by atoms with E-state index in [-0.39, 0.29) is 11.9 Å². The van der Waals surface area contributed by atoms with Crippen molar-refractivity contribution in [3.8, 4) is 0 Å². The number of hydrogen-bond donors (Lipinski definition) is 0. The molecule has 1 aliphatic rings. The zero-order chi connectivity index (χ0) is 12.7. The first kappa shape index (κ1) is 11.3. The molecule has 0 radical (unpaired) electrons. The Morgan fingerprint density at radius 2 is 2.39 bits per heavy atom. The average molecular weight is 244 g/mol. The van der Waals surface area contributed by atoms with Crippen LogP contribution in [0, 0.1) is 5.92 Å². The number of carbonyl (C=O) groups excluding carboxylic acids is 1. The molecule has 2 unspecified atom stereocenters. The Kier molecular flexibility index (Phi) is 2.58. The van der Waals surface area contributed by atoms with Crippen molar-refractivity contribution in [2.45, 2.75) is 19.3 Å². The predicted molar refractivity (Wildman–Crippen MR) is 68.2 cm³/mol. The van der Waals surface area contributed by atoms with Crippen molar-refractivity contribution in [1.29, 1.82) is 0 Å². The van der Waals surface area contributed by atoms with Gasteiger partial charge in [0.05, 0.1) is 18.0 Å². The van der Waals surface area contributed by atoms with Crippen molar-refractivity contribution in [3.63, 3.8) is 0 Å². The summed E-state index contributed by atoms with van der Waals surface area (Å²) < 4.78 is 6.89. The molecule has 1 fully saturated rings. The van der Waals surface area contributed by atoms with Gasteiger partial charge in [-0.05, 0) is 30.9 Å². The van der Waals surface area contributed by atoms with Crippen LogP contribution in [0.3, 0.4) is 0 Å². The monoisotopic (exact) mass is 244 g/mol. The average Bonchev–Trinajstić information content (AvgIpc) is 3.03.